The average Bonchev–Trinajstić information content (AvgIpc) is 2.80. The quantitative estimate of drug-likeness (QED) is 0.455. The lowest BCUT2D eigenvalue weighted by Crippen LogP contribution is -2.43. The summed E-state index contributed by atoms with van der Waals surface area (Å²) in [6, 6.07) is 21.6. The van der Waals surface area contributed by atoms with E-state index in [0.29, 0.717) is 30.0 Å². The second-order valence-corrected chi connectivity index (χ2v) is 7.99. The highest BCUT2D eigenvalue weighted by Crippen LogP contribution is 2.25. The summed E-state index contributed by atoms with van der Waals surface area (Å²) in [7, 11) is 0. The standard InChI is InChI=1S/C26H26ClFN2O2/c1-2-6-24(31)30(18-20-11-15-23(28)16-12-20)25(21-7-4-3-5-8-21)26(32)29-17-19-9-13-22(27)14-10-19/h3-5,7-16,25H,2,6,17-18H2,1H3,(H,29,32)/t25-/m0/s1. The third-order valence-corrected chi connectivity index (χ3v) is 5.36. The number of halogens is 2. The Labute approximate surface area is 193 Å². The molecular formula is C26H26ClFN2O2. The number of carbonyl (C=O) groups is 2. The Hall–Kier alpha value is -3.18. The van der Waals surface area contributed by atoms with Crippen LogP contribution in [0, 0.1) is 5.82 Å². The van der Waals surface area contributed by atoms with Crippen LogP contribution in [0.4, 0.5) is 4.39 Å². The molecule has 4 nitrogen and oxygen atoms in total. The van der Waals surface area contributed by atoms with Gasteiger partial charge in [0.25, 0.3) is 0 Å². The lowest BCUT2D eigenvalue weighted by molar-refractivity contribution is -0.141. The fraction of sp³-hybridized carbons (Fsp3) is 0.231. The van der Waals surface area contributed by atoms with Gasteiger partial charge in [-0.15, -0.1) is 0 Å². The van der Waals surface area contributed by atoms with Gasteiger partial charge in [0.2, 0.25) is 11.8 Å². The lowest BCUT2D eigenvalue weighted by Gasteiger charge is -2.31. The van der Waals surface area contributed by atoms with Gasteiger partial charge in [-0.25, -0.2) is 4.39 Å². The Kier molecular flexibility index (Phi) is 8.40. The fourth-order valence-electron chi connectivity index (χ4n) is 3.46. The van der Waals surface area contributed by atoms with Gasteiger partial charge < -0.3 is 10.2 Å². The Morgan fingerprint density at radius 3 is 2.19 bits per heavy atom. The molecule has 0 unspecified atom stereocenters. The van der Waals surface area contributed by atoms with Gasteiger partial charge in [-0.05, 0) is 47.4 Å². The van der Waals surface area contributed by atoms with Crippen LogP contribution in [0.2, 0.25) is 5.02 Å². The maximum Gasteiger partial charge on any atom is 0.247 e. The first-order valence-corrected chi connectivity index (χ1v) is 11.0. The van der Waals surface area contributed by atoms with Crippen molar-refractivity contribution in [2.45, 2.75) is 38.9 Å². The van der Waals surface area contributed by atoms with E-state index in [1.165, 1.54) is 12.1 Å². The van der Waals surface area contributed by atoms with E-state index in [1.54, 1.807) is 29.2 Å². The van der Waals surface area contributed by atoms with Crippen LogP contribution >= 0.6 is 11.6 Å². The van der Waals surface area contributed by atoms with Gasteiger partial charge in [0, 0.05) is 24.5 Å². The van der Waals surface area contributed by atoms with Gasteiger partial charge in [-0.2, -0.15) is 0 Å². The first-order chi connectivity index (χ1) is 15.5. The number of hydrogen-bond acceptors (Lipinski definition) is 2. The molecule has 1 atom stereocenters. The smallest absolute Gasteiger partial charge is 0.247 e. The van der Waals surface area contributed by atoms with Gasteiger partial charge >= 0.3 is 0 Å². The van der Waals surface area contributed by atoms with E-state index in [-0.39, 0.29) is 24.2 Å². The van der Waals surface area contributed by atoms with Gasteiger partial charge in [-0.1, -0.05) is 73.1 Å². The van der Waals surface area contributed by atoms with Crippen LogP contribution in [0.1, 0.15) is 42.5 Å². The van der Waals surface area contributed by atoms with E-state index in [9.17, 15) is 14.0 Å². The number of nitrogens with zero attached hydrogens (tertiary/aromatic N) is 1. The molecule has 0 saturated carbocycles. The second-order valence-electron chi connectivity index (χ2n) is 7.56. The van der Waals surface area contributed by atoms with Gasteiger partial charge in [0.1, 0.15) is 11.9 Å². The average molecular weight is 453 g/mol. The molecule has 3 aromatic rings. The zero-order valence-corrected chi connectivity index (χ0v) is 18.7. The minimum atomic E-state index is -0.812. The van der Waals surface area contributed by atoms with E-state index < -0.39 is 6.04 Å². The monoisotopic (exact) mass is 452 g/mol. The summed E-state index contributed by atoms with van der Waals surface area (Å²) in [5, 5.41) is 3.58. The third-order valence-electron chi connectivity index (χ3n) is 5.11. The molecule has 2 amide bonds. The SMILES string of the molecule is CCCC(=O)N(Cc1ccc(F)cc1)[C@H](C(=O)NCc1ccc(Cl)cc1)c1ccccc1. The molecule has 0 aliphatic heterocycles. The molecule has 6 heteroatoms. The Morgan fingerprint density at radius 2 is 1.56 bits per heavy atom. The van der Waals surface area contributed by atoms with Crippen molar-refractivity contribution < 1.29 is 14.0 Å². The molecule has 0 aliphatic rings. The summed E-state index contributed by atoms with van der Waals surface area (Å²) < 4.78 is 13.4. The Morgan fingerprint density at radius 1 is 0.938 bits per heavy atom. The van der Waals surface area contributed by atoms with Gasteiger partial charge in [-0.3, -0.25) is 9.59 Å². The highest BCUT2D eigenvalue weighted by atomic mass is 35.5. The molecule has 3 rings (SSSR count). The summed E-state index contributed by atoms with van der Waals surface area (Å²) in [5.74, 6) is -0.759. The largest absolute Gasteiger partial charge is 0.350 e. The number of nitrogens with one attached hydrogen (secondary N) is 1. The molecule has 0 aromatic heterocycles. The molecule has 0 heterocycles. The van der Waals surface area contributed by atoms with Crippen LogP contribution in [0.5, 0.6) is 0 Å². The molecule has 0 fully saturated rings. The molecule has 0 radical (unpaired) electrons. The fourth-order valence-corrected chi connectivity index (χ4v) is 3.59. The van der Waals surface area contributed by atoms with Crippen LogP contribution < -0.4 is 5.32 Å². The number of rotatable bonds is 9. The molecule has 0 saturated heterocycles. The third kappa shape index (κ3) is 6.41. The summed E-state index contributed by atoms with van der Waals surface area (Å²) >= 11 is 5.94. The minimum Gasteiger partial charge on any atom is -0.350 e. The van der Waals surface area contributed by atoms with Crippen LogP contribution in [0.15, 0.2) is 78.9 Å². The van der Waals surface area contributed by atoms with Crippen molar-refractivity contribution in [2.75, 3.05) is 0 Å². The molecule has 166 valence electrons. The molecule has 0 aliphatic carbocycles. The maximum absolute atomic E-state index is 13.4. The predicted octanol–water partition coefficient (Wildman–Crippen LogP) is 5.67. The van der Waals surface area contributed by atoms with Crippen molar-refractivity contribution in [1.29, 1.82) is 0 Å². The van der Waals surface area contributed by atoms with Crippen molar-refractivity contribution in [3.05, 3.63) is 106 Å². The Bertz CT molecular complexity index is 1020. The predicted molar refractivity (Wildman–Crippen MR) is 124 cm³/mol. The minimum absolute atomic E-state index is 0.132. The first kappa shape index (κ1) is 23.5. The van der Waals surface area contributed by atoms with E-state index in [2.05, 4.69) is 5.32 Å². The number of hydrogen-bond donors (Lipinski definition) is 1. The molecule has 1 N–H and O–H groups in total. The lowest BCUT2D eigenvalue weighted by atomic mass is 10.0. The zero-order valence-electron chi connectivity index (χ0n) is 17.9. The second kappa shape index (κ2) is 11.4. The van der Waals surface area contributed by atoms with Crippen molar-refractivity contribution in [3.63, 3.8) is 0 Å². The highest BCUT2D eigenvalue weighted by Gasteiger charge is 2.31. The maximum atomic E-state index is 13.4. The van der Waals surface area contributed by atoms with Gasteiger partial charge in [0.05, 0.1) is 0 Å². The van der Waals surface area contributed by atoms with E-state index >= 15 is 0 Å². The number of carbonyl (C=O) groups excluding carboxylic acids is 2. The number of amides is 2. The van der Waals surface area contributed by atoms with E-state index in [0.717, 1.165) is 11.1 Å². The van der Waals surface area contributed by atoms with Crippen LogP contribution in [0.25, 0.3) is 0 Å². The molecule has 3 aromatic carbocycles. The van der Waals surface area contributed by atoms with Crippen LogP contribution in [-0.4, -0.2) is 16.7 Å². The molecule has 0 spiro atoms. The van der Waals surface area contributed by atoms with Crippen molar-refractivity contribution in [1.82, 2.24) is 10.2 Å². The highest BCUT2D eigenvalue weighted by molar-refractivity contribution is 6.30. The van der Waals surface area contributed by atoms with Crippen LogP contribution in [-0.2, 0) is 22.7 Å². The van der Waals surface area contributed by atoms with Crippen molar-refractivity contribution in [2.24, 2.45) is 0 Å². The summed E-state index contributed by atoms with van der Waals surface area (Å²) in [5.41, 5.74) is 2.37. The molecule has 32 heavy (non-hydrogen) atoms. The molecule has 0 bridgehead atoms. The van der Waals surface area contributed by atoms with Crippen molar-refractivity contribution in [3.8, 4) is 0 Å². The van der Waals surface area contributed by atoms with Gasteiger partial charge in [0.15, 0.2) is 0 Å². The Balaban J connectivity index is 1.90. The normalized spacial score (nSPS) is 11.6. The topological polar surface area (TPSA) is 49.4 Å². The first-order valence-electron chi connectivity index (χ1n) is 10.6. The summed E-state index contributed by atoms with van der Waals surface area (Å²) in [6.45, 7) is 2.44. The zero-order chi connectivity index (χ0) is 22.9. The van der Waals surface area contributed by atoms with Crippen LogP contribution in [0.3, 0.4) is 0 Å². The number of benzene rings is 3. The summed E-state index contributed by atoms with van der Waals surface area (Å²) in [4.78, 5) is 28.1. The van der Waals surface area contributed by atoms with E-state index in [4.69, 9.17) is 11.6 Å². The van der Waals surface area contributed by atoms with Crippen molar-refractivity contribution >= 4 is 23.4 Å². The molecular weight excluding hydrogens is 427 g/mol. The summed E-state index contributed by atoms with van der Waals surface area (Å²) in [6.07, 6.45) is 0.974. The van der Waals surface area contributed by atoms with E-state index in [1.807, 2.05) is 49.4 Å².